The molecule has 0 fully saturated rings. The fraction of sp³-hybridized carbons (Fsp3) is 0.316. The Morgan fingerprint density at radius 3 is 2.12 bits per heavy atom. The van der Waals surface area contributed by atoms with E-state index < -0.39 is 38.5 Å². The molecule has 4 N–H and O–H groups in total. The molecule has 0 aliphatic heterocycles. The van der Waals surface area contributed by atoms with E-state index in [0.717, 1.165) is 11.6 Å². The Hall–Kier alpha value is -1.73. The fourth-order valence-electron chi connectivity index (χ4n) is 2.61. The summed E-state index contributed by atoms with van der Waals surface area (Å²) in [5, 5.41) is 8.96. The Morgan fingerprint density at radius 1 is 1.00 bits per heavy atom. The van der Waals surface area contributed by atoms with Gasteiger partial charge < -0.3 is 0 Å². The first-order chi connectivity index (χ1) is 14.7. The molecule has 0 aliphatic carbocycles. The van der Waals surface area contributed by atoms with Crippen LogP contribution in [0.15, 0.2) is 52.3 Å². The van der Waals surface area contributed by atoms with Crippen molar-refractivity contribution < 1.29 is 26.8 Å². The summed E-state index contributed by atoms with van der Waals surface area (Å²) >= 11 is 11.7. The van der Waals surface area contributed by atoms with Crippen LogP contribution in [0.5, 0.6) is 0 Å². The summed E-state index contributed by atoms with van der Waals surface area (Å²) in [6.45, 7) is 5.19. The predicted molar refractivity (Wildman–Crippen MR) is 121 cm³/mol. The van der Waals surface area contributed by atoms with Crippen molar-refractivity contribution in [2.24, 2.45) is 0 Å². The first kappa shape index (κ1) is 26.5. The molecule has 2 aromatic carbocycles. The van der Waals surface area contributed by atoms with Gasteiger partial charge in [0, 0.05) is 11.6 Å². The highest BCUT2D eigenvalue weighted by Crippen LogP contribution is 2.25. The Morgan fingerprint density at radius 2 is 1.59 bits per heavy atom. The van der Waals surface area contributed by atoms with Crippen molar-refractivity contribution in [3.63, 3.8) is 0 Å². The molecule has 0 spiro atoms. The van der Waals surface area contributed by atoms with Crippen LogP contribution in [0, 0.1) is 0 Å². The van der Waals surface area contributed by atoms with Crippen molar-refractivity contribution in [3.8, 4) is 0 Å². The molecule has 0 aromatic heterocycles. The molecule has 0 radical (unpaired) electrons. The molecular formula is C19H23Cl2N3O6S2. The van der Waals surface area contributed by atoms with E-state index in [-0.39, 0.29) is 25.3 Å². The number of hydroxylamine groups is 1. The van der Waals surface area contributed by atoms with Crippen LogP contribution in [-0.2, 0) is 30.3 Å². The summed E-state index contributed by atoms with van der Waals surface area (Å²) < 4.78 is 54.8. The topological polar surface area (TPSA) is 142 Å². The third kappa shape index (κ3) is 6.64. The minimum absolute atomic E-state index is 0.110. The Labute approximate surface area is 197 Å². The third-order valence-electron chi connectivity index (χ3n) is 4.41. The molecule has 32 heavy (non-hydrogen) atoms. The summed E-state index contributed by atoms with van der Waals surface area (Å²) in [6.07, 6.45) is 0. The molecule has 2 aromatic rings. The molecule has 1 atom stereocenters. The predicted octanol–water partition coefficient (Wildman–Crippen LogP) is 2.42. The van der Waals surface area contributed by atoms with Gasteiger partial charge in [-0.15, -0.1) is 0 Å². The quantitative estimate of drug-likeness (QED) is 0.309. The highest BCUT2D eigenvalue weighted by atomic mass is 35.5. The monoisotopic (exact) mass is 523 g/mol. The molecular weight excluding hydrogens is 501 g/mol. The average Bonchev–Trinajstić information content (AvgIpc) is 2.71. The van der Waals surface area contributed by atoms with Crippen LogP contribution in [0.2, 0.25) is 10.0 Å². The SMILES string of the molecule is CC(C)(C)c1ccc(S(=O)(=O)NC(CNS(=O)(=O)c2cc(Cl)ccc2Cl)C(=O)NO)cc1. The van der Waals surface area contributed by atoms with Gasteiger partial charge in [0.05, 0.1) is 9.92 Å². The van der Waals surface area contributed by atoms with Gasteiger partial charge >= 0.3 is 0 Å². The van der Waals surface area contributed by atoms with Gasteiger partial charge in [-0.2, -0.15) is 4.72 Å². The normalized spacial score (nSPS) is 13.6. The molecule has 0 saturated heterocycles. The van der Waals surface area contributed by atoms with Gasteiger partial charge in [0.25, 0.3) is 5.91 Å². The smallest absolute Gasteiger partial charge is 0.262 e. The lowest BCUT2D eigenvalue weighted by molar-refractivity contribution is -0.130. The van der Waals surface area contributed by atoms with Crippen molar-refractivity contribution in [3.05, 3.63) is 58.1 Å². The van der Waals surface area contributed by atoms with Gasteiger partial charge in [-0.05, 0) is 41.3 Å². The molecule has 0 saturated carbocycles. The van der Waals surface area contributed by atoms with Crippen molar-refractivity contribution >= 4 is 49.2 Å². The molecule has 9 nitrogen and oxygen atoms in total. The van der Waals surface area contributed by atoms with Crippen LogP contribution in [-0.4, -0.2) is 40.5 Å². The number of benzene rings is 2. The average molecular weight is 524 g/mol. The number of rotatable bonds is 8. The Balaban J connectivity index is 2.25. The molecule has 0 bridgehead atoms. The number of hydrogen-bond donors (Lipinski definition) is 4. The molecule has 0 heterocycles. The van der Waals surface area contributed by atoms with E-state index in [1.807, 2.05) is 20.8 Å². The van der Waals surface area contributed by atoms with Crippen molar-refractivity contribution in [1.29, 1.82) is 0 Å². The number of amides is 1. The zero-order chi connectivity index (χ0) is 24.3. The second kappa shape index (κ2) is 10.0. The Bertz CT molecular complexity index is 1190. The number of carbonyl (C=O) groups excluding carboxylic acids is 1. The van der Waals surface area contributed by atoms with E-state index in [1.54, 1.807) is 12.1 Å². The number of hydrogen-bond acceptors (Lipinski definition) is 6. The zero-order valence-electron chi connectivity index (χ0n) is 17.4. The third-order valence-corrected chi connectivity index (χ3v) is 8.04. The second-order valence-electron chi connectivity index (χ2n) is 7.85. The van der Waals surface area contributed by atoms with Crippen LogP contribution < -0.4 is 14.9 Å². The lowest BCUT2D eigenvalue weighted by Crippen LogP contribution is -2.51. The van der Waals surface area contributed by atoms with Crippen LogP contribution in [0.25, 0.3) is 0 Å². The van der Waals surface area contributed by atoms with Gasteiger partial charge in [0.2, 0.25) is 20.0 Å². The maximum absolute atomic E-state index is 12.7. The van der Waals surface area contributed by atoms with Crippen LogP contribution in [0.1, 0.15) is 26.3 Å². The maximum atomic E-state index is 12.7. The Kier molecular flexibility index (Phi) is 8.32. The molecule has 1 amide bonds. The maximum Gasteiger partial charge on any atom is 0.262 e. The van der Waals surface area contributed by atoms with Crippen molar-refractivity contribution in [2.75, 3.05) is 6.54 Å². The highest BCUT2D eigenvalue weighted by Gasteiger charge is 2.28. The molecule has 13 heteroatoms. The summed E-state index contributed by atoms with van der Waals surface area (Å²) in [5.41, 5.74) is 2.01. The van der Waals surface area contributed by atoms with E-state index in [1.165, 1.54) is 29.7 Å². The standard InChI is InChI=1S/C19H23Cl2N3O6S2/c1-19(2,3)12-4-7-14(8-5-12)31(27,28)24-16(18(25)23-26)11-22-32(29,30)17-10-13(20)6-9-15(17)21/h4-10,16,22,24,26H,11H2,1-3H3,(H,23,25). The van der Waals surface area contributed by atoms with Gasteiger partial charge in [0.1, 0.15) is 10.9 Å². The van der Waals surface area contributed by atoms with Gasteiger partial charge in [-0.25, -0.2) is 27.0 Å². The summed E-state index contributed by atoms with van der Waals surface area (Å²) in [4.78, 5) is 11.5. The van der Waals surface area contributed by atoms with E-state index in [4.69, 9.17) is 28.4 Å². The van der Waals surface area contributed by atoms with E-state index in [9.17, 15) is 21.6 Å². The summed E-state index contributed by atoms with van der Waals surface area (Å²) in [7, 11) is -8.48. The number of carbonyl (C=O) groups is 1. The largest absolute Gasteiger partial charge is 0.289 e. The highest BCUT2D eigenvalue weighted by molar-refractivity contribution is 7.90. The van der Waals surface area contributed by atoms with Gasteiger partial charge in [-0.3, -0.25) is 10.0 Å². The van der Waals surface area contributed by atoms with E-state index in [2.05, 4.69) is 9.44 Å². The van der Waals surface area contributed by atoms with Crippen molar-refractivity contribution in [1.82, 2.24) is 14.9 Å². The molecule has 2 rings (SSSR count). The van der Waals surface area contributed by atoms with Gasteiger partial charge in [0.15, 0.2) is 0 Å². The lowest BCUT2D eigenvalue weighted by atomic mass is 9.87. The van der Waals surface area contributed by atoms with Crippen LogP contribution in [0.3, 0.4) is 0 Å². The second-order valence-corrected chi connectivity index (χ2v) is 12.1. The van der Waals surface area contributed by atoms with Crippen molar-refractivity contribution in [2.45, 2.75) is 42.0 Å². The molecule has 0 aliphatic rings. The van der Waals surface area contributed by atoms with Crippen LogP contribution >= 0.6 is 23.2 Å². The van der Waals surface area contributed by atoms with E-state index in [0.29, 0.717) is 0 Å². The van der Waals surface area contributed by atoms with Gasteiger partial charge in [-0.1, -0.05) is 56.1 Å². The number of halogens is 2. The van der Waals surface area contributed by atoms with E-state index >= 15 is 0 Å². The summed E-state index contributed by atoms with van der Waals surface area (Å²) in [5.74, 6) is -1.17. The molecule has 1 unspecified atom stereocenters. The number of sulfonamides is 2. The first-order valence-electron chi connectivity index (χ1n) is 9.19. The lowest BCUT2D eigenvalue weighted by Gasteiger charge is -2.20. The number of nitrogens with one attached hydrogen (secondary N) is 3. The minimum Gasteiger partial charge on any atom is -0.289 e. The summed E-state index contributed by atoms with van der Waals surface area (Å²) in [6, 6.07) is 8.12. The molecule has 176 valence electrons. The fourth-order valence-corrected chi connectivity index (χ4v) is 5.61. The van der Waals surface area contributed by atoms with Crippen LogP contribution in [0.4, 0.5) is 0 Å². The first-order valence-corrected chi connectivity index (χ1v) is 12.9. The zero-order valence-corrected chi connectivity index (χ0v) is 20.5. The minimum atomic E-state index is -4.26.